The van der Waals surface area contributed by atoms with Crippen LogP contribution in [-0.4, -0.2) is 0 Å². The summed E-state index contributed by atoms with van der Waals surface area (Å²) in [6, 6.07) is 0. The van der Waals surface area contributed by atoms with E-state index in [2.05, 4.69) is 0 Å². The van der Waals surface area contributed by atoms with Gasteiger partial charge in [0, 0.05) is 11.1 Å². The minimum Gasteiger partial charge on any atom is -0.203 e. The highest BCUT2D eigenvalue weighted by molar-refractivity contribution is 5.38. The minimum absolute atomic E-state index is 0.411. The highest BCUT2D eigenvalue weighted by Crippen LogP contribution is 2.43. The molecule has 1 rings (SSSR count). The first kappa shape index (κ1) is 22.0. The molecule has 0 fully saturated rings. The average Bonchev–Trinajstić information content (AvgIpc) is 2.54. The monoisotopic (exact) mass is 360 g/mol. The van der Waals surface area contributed by atoms with Gasteiger partial charge < -0.3 is 0 Å². The third-order valence-electron chi connectivity index (χ3n) is 5.66. The molecule has 0 radical (unpaired) electrons. The minimum atomic E-state index is -1.22. The molecular formula is C21H32F4. The Morgan fingerprint density at radius 2 is 0.840 bits per heavy atom. The molecule has 1 aromatic rings. The largest absolute Gasteiger partial charge is 0.203 e. The lowest BCUT2D eigenvalue weighted by Crippen LogP contribution is -2.31. The summed E-state index contributed by atoms with van der Waals surface area (Å²) in [4.78, 5) is 0. The van der Waals surface area contributed by atoms with Crippen LogP contribution in [-0.2, 0) is 10.8 Å². The van der Waals surface area contributed by atoms with Gasteiger partial charge in [-0.1, -0.05) is 60.8 Å². The zero-order valence-corrected chi connectivity index (χ0v) is 16.5. The molecular weight excluding hydrogens is 328 g/mol. The Hall–Kier alpha value is -1.06. The quantitative estimate of drug-likeness (QED) is 0.315. The van der Waals surface area contributed by atoms with Crippen molar-refractivity contribution in [2.75, 3.05) is 0 Å². The van der Waals surface area contributed by atoms with Gasteiger partial charge >= 0.3 is 0 Å². The molecule has 1 atom stereocenters. The highest BCUT2D eigenvalue weighted by atomic mass is 19.2. The summed E-state index contributed by atoms with van der Waals surface area (Å²) in [6.07, 6.45) is 3.88. The first-order chi connectivity index (χ1) is 11.6. The summed E-state index contributed by atoms with van der Waals surface area (Å²) in [5.74, 6) is -4.86. The van der Waals surface area contributed by atoms with Gasteiger partial charge in [-0.25, -0.2) is 17.6 Å². The number of halogens is 4. The molecule has 0 aromatic heterocycles. The van der Waals surface area contributed by atoms with Gasteiger partial charge in [0.1, 0.15) is 0 Å². The molecule has 1 aromatic carbocycles. The van der Waals surface area contributed by atoms with Crippen molar-refractivity contribution in [2.24, 2.45) is 0 Å². The maximum atomic E-state index is 15.0. The van der Waals surface area contributed by atoms with Gasteiger partial charge in [-0.05, 0) is 36.5 Å². The topological polar surface area (TPSA) is 0 Å². The molecule has 0 N–H and O–H groups in total. The third kappa shape index (κ3) is 4.03. The number of hydrogen-bond donors (Lipinski definition) is 0. The van der Waals surface area contributed by atoms with E-state index in [-0.39, 0.29) is 0 Å². The summed E-state index contributed by atoms with van der Waals surface area (Å²) >= 11 is 0. The van der Waals surface area contributed by atoms with Crippen LogP contribution in [0.2, 0.25) is 0 Å². The molecule has 0 saturated heterocycles. The van der Waals surface area contributed by atoms with Crippen LogP contribution in [0.1, 0.15) is 97.6 Å². The van der Waals surface area contributed by atoms with E-state index in [0.717, 1.165) is 0 Å². The lowest BCUT2D eigenvalue weighted by atomic mass is 9.71. The second-order valence-electron chi connectivity index (χ2n) is 7.73. The molecule has 4 heteroatoms. The molecule has 0 saturated carbocycles. The molecule has 0 amide bonds. The second-order valence-corrected chi connectivity index (χ2v) is 7.73. The van der Waals surface area contributed by atoms with E-state index in [1.807, 2.05) is 20.8 Å². The van der Waals surface area contributed by atoms with E-state index in [1.54, 1.807) is 20.8 Å². The van der Waals surface area contributed by atoms with Gasteiger partial charge in [-0.3, -0.25) is 0 Å². The van der Waals surface area contributed by atoms with E-state index in [9.17, 15) is 17.6 Å². The van der Waals surface area contributed by atoms with E-state index in [1.165, 1.54) is 0 Å². The van der Waals surface area contributed by atoms with Crippen LogP contribution in [0, 0.1) is 23.3 Å². The first-order valence-corrected chi connectivity index (χ1v) is 9.50. The van der Waals surface area contributed by atoms with E-state index >= 15 is 0 Å². The molecule has 0 aliphatic carbocycles. The Morgan fingerprint density at radius 1 is 0.560 bits per heavy atom. The van der Waals surface area contributed by atoms with Crippen LogP contribution in [0.5, 0.6) is 0 Å². The van der Waals surface area contributed by atoms with Crippen LogP contribution in [0.4, 0.5) is 17.6 Å². The van der Waals surface area contributed by atoms with Crippen molar-refractivity contribution < 1.29 is 17.6 Å². The van der Waals surface area contributed by atoms with Gasteiger partial charge in [0.2, 0.25) is 0 Å². The van der Waals surface area contributed by atoms with Crippen LogP contribution >= 0.6 is 0 Å². The molecule has 0 spiro atoms. The summed E-state index contributed by atoms with van der Waals surface area (Å²) in [5.41, 5.74) is -2.70. The fourth-order valence-corrected chi connectivity index (χ4v) is 4.20. The highest BCUT2D eigenvalue weighted by Gasteiger charge is 2.40. The normalized spacial score (nSPS) is 14.6. The predicted molar refractivity (Wildman–Crippen MR) is 96.0 cm³/mol. The standard InChI is InChI=1S/C21H32F4/c1-7-11-20(5,10-4)14-16(22)18(24)15(19(25)17(14)23)21(6,12-8-2)13-9-3/h7-13H2,1-6H3. The summed E-state index contributed by atoms with van der Waals surface area (Å²) in [7, 11) is 0. The molecule has 0 heterocycles. The Labute approximate surface area is 150 Å². The molecule has 0 nitrogen and oxygen atoms in total. The van der Waals surface area contributed by atoms with Crippen molar-refractivity contribution in [1.29, 1.82) is 0 Å². The molecule has 1 unspecified atom stereocenters. The molecule has 25 heavy (non-hydrogen) atoms. The van der Waals surface area contributed by atoms with Crippen molar-refractivity contribution >= 4 is 0 Å². The van der Waals surface area contributed by atoms with Gasteiger partial charge in [0.25, 0.3) is 0 Å². The van der Waals surface area contributed by atoms with Crippen molar-refractivity contribution in [1.82, 2.24) is 0 Å². The first-order valence-electron chi connectivity index (χ1n) is 9.50. The van der Waals surface area contributed by atoms with Gasteiger partial charge in [-0.15, -0.1) is 0 Å². The lowest BCUT2D eigenvalue weighted by molar-refractivity contribution is 0.310. The SMILES string of the molecule is CCCC(C)(CC)c1c(F)c(F)c(C(C)(CCC)CCC)c(F)c1F. The van der Waals surface area contributed by atoms with Crippen LogP contribution in [0.25, 0.3) is 0 Å². The van der Waals surface area contributed by atoms with Crippen LogP contribution in [0.3, 0.4) is 0 Å². The van der Waals surface area contributed by atoms with Crippen molar-refractivity contribution in [3.8, 4) is 0 Å². The zero-order chi connectivity index (χ0) is 19.4. The van der Waals surface area contributed by atoms with Crippen LogP contribution in [0.15, 0.2) is 0 Å². The Morgan fingerprint density at radius 3 is 1.12 bits per heavy atom. The molecule has 0 aliphatic rings. The van der Waals surface area contributed by atoms with Crippen molar-refractivity contribution in [3.63, 3.8) is 0 Å². The molecule has 0 aliphatic heterocycles. The zero-order valence-electron chi connectivity index (χ0n) is 16.5. The van der Waals surface area contributed by atoms with E-state index < -0.39 is 45.2 Å². The number of benzene rings is 1. The third-order valence-corrected chi connectivity index (χ3v) is 5.66. The van der Waals surface area contributed by atoms with Crippen molar-refractivity contribution in [3.05, 3.63) is 34.4 Å². The van der Waals surface area contributed by atoms with E-state index in [4.69, 9.17) is 0 Å². The maximum absolute atomic E-state index is 15.0. The Kier molecular flexibility index (Phi) is 7.52. The fraction of sp³-hybridized carbons (Fsp3) is 0.714. The Bertz CT molecular complexity index is 559. The molecule has 0 bridgehead atoms. The van der Waals surface area contributed by atoms with E-state index in [0.29, 0.717) is 44.9 Å². The summed E-state index contributed by atoms with van der Waals surface area (Å²) < 4.78 is 59.8. The average molecular weight is 360 g/mol. The van der Waals surface area contributed by atoms with Crippen molar-refractivity contribution in [2.45, 2.75) is 97.3 Å². The maximum Gasteiger partial charge on any atom is 0.166 e. The smallest absolute Gasteiger partial charge is 0.166 e. The Balaban J connectivity index is 3.74. The number of hydrogen-bond acceptors (Lipinski definition) is 0. The van der Waals surface area contributed by atoms with Gasteiger partial charge in [0.05, 0.1) is 0 Å². The van der Waals surface area contributed by atoms with Gasteiger partial charge in [0.15, 0.2) is 23.3 Å². The number of rotatable bonds is 9. The second kappa shape index (κ2) is 8.55. The lowest BCUT2D eigenvalue weighted by Gasteiger charge is -2.34. The summed E-state index contributed by atoms with van der Waals surface area (Å²) in [6.45, 7) is 10.9. The summed E-state index contributed by atoms with van der Waals surface area (Å²) in [5, 5.41) is 0. The van der Waals surface area contributed by atoms with Gasteiger partial charge in [-0.2, -0.15) is 0 Å². The predicted octanol–water partition coefficient (Wildman–Crippen LogP) is 7.57. The molecule has 144 valence electrons. The van der Waals surface area contributed by atoms with Crippen LogP contribution < -0.4 is 0 Å². The fourth-order valence-electron chi connectivity index (χ4n) is 4.20.